The van der Waals surface area contributed by atoms with E-state index in [1.54, 1.807) is 11.0 Å². The average molecular weight is 345 g/mol. The zero-order chi connectivity index (χ0) is 16.5. The fourth-order valence-corrected chi connectivity index (χ4v) is 3.15. The molecule has 122 valence electrons. The van der Waals surface area contributed by atoms with Gasteiger partial charge in [0.2, 0.25) is 0 Å². The molecule has 1 amide bonds. The van der Waals surface area contributed by atoms with Crippen molar-refractivity contribution in [1.82, 2.24) is 4.90 Å². The van der Waals surface area contributed by atoms with Gasteiger partial charge in [0.25, 0.3) is 0 Å². The lowest BCUT2D eigenvalue weighted by Crippen LogP contribution is -2.49. The monoisotopic (exact) mass is 344 g/mol. The molecule has 0 spiro atoms. The van der Waals surface area contributed by atoms with Gasteiger partial charge in [-0.05, 0) is 51.0 Å². The third kappa shape index (κ3) is 4.51. The van der Waals surface area contributed by atoms with Crippen molar-refractivity contribution in [3.05, 3.63) is 33.8 Å². The number of nitrogens with two attached hydrogens (primary N) is 1. The highest BCUT2D eigenvalue weighted by atomic mass is 35.5. The number of nitrogens with zero attached hydrogens (tertiary/aromatic N) is 1. The van der Waals surface area contributed by atoms with Crippen LogP contribution in [0.5, 0.6) is 0 Å². The lowest BCUT2D eigenvalue weighted by Gasteiger charge is -2.37. The van der Waals surface area contributed by atoms with Gasteiger partial charge in [-0.15, -0.1) is 0 Å². The van der Waals surface area contributed by atoms with Crippen molar-refractivity contribution >= 4 is 29.3 Å². The number of hydrogen-bond donors (Lipinski definition) is 1. The number of hydrogen-bond acceptors (Lipinski definition) is 3. The zero-order valence-corrected chi connectivity index (χ0v) is 14.6. The predicted octanol–water partition coefficient (Wildman–Crippen LogP) is 4.05. The Labute approximate surface area is 141 Å². The van der Waals surface area contributed by atoms with E-state index in [1.165, 1.54) is 0 Å². The SMILES string of the molecule is CC(C)(C)OC(=O)N1CCC(N)C(c2cc(Cl)cc(Cl)c2)C1. The maximum absolute atomic E-state index is 12.2. The number of benzene rings is 1. The summed E-state index contributed by atoms with van der Waals surface area (Å²) in [6, 6.07) is 5.37. The van der Waals surface area contributed by atoms with Crippen molar-refractivity contribution in [1.29, 1.82) is 0 Å². The fraction of sp³-hybridized carbons (Fsp3) is 0.562. The van der Waals surface area contributed by atoms with E-state index in [0.717, 1.165) is 5.56 Å². The third-order valence-corrected chi connectivity index (χ3v) is 4.07. The summed E-state index contributed by atoms with van der Waals surface area (Å²) >= 11 is 12.1. The number of halogens is 2. The lowest BCUT2D eigenvalue weighted by molar-refractivity contribution is 0.0186. The first kappa shape index (κ1) is 17.4. The molecule has 1 aromatic rings. The summed E-state index contributed by atoms with van der Waals surface area (Å²) in [5, 5.41) is 1.15. The summed E-state index contributed by atoms with van der Waals surface area (Å²) in [5.74, 6) is -0.00234. The van der Waals surface area contributed by atoms with Crippen LogP contribution in [-0.4, -0.2) is 35.7 Å². The summed E-state index contributed by atoms with van der Waals surface area (Å²) in [6.45, 7) is 6.67. The first-order valence-electron chi connectivity index (χ1n) is 7.35. The first-order chi connectivity index (χ1) is 10.2. The molecule has 0 saturated carbocycles. The molecule has 1 aliphatic rings. The Kier molecular flexibility index (Phi) is 5.25. The quantitative estimate of drug-likeness (QED) is 0.836. The molecule has 2 atom stereocenters. The number of amides is 1. The second-order valence-electron chi connectivity index (χ2n) is 6.69. The van der Waals surface area contributed by atoms with Crippen molar-refractivity contribution in [3.8, 4) is 0 Å². The van der Waals surface area contributed by atoms with Gasteiger partial charge in [-0.2, -0.15) is 0 Å². The molecule has 1 aromatic carbocycles. The van der Waals surface area contributed by atoms with E-state index in [2.05, 4.69) is 0 Å². The van der Waals surface area contributed by atoms with E-state index in [0.29, 0.717) is 29.6 Å². The molecular weight excluding hydrogens is 323 g/mol. The molecule has 1 saturated heterocycles. The number of carbonyl (C=O) groups is 1. The van der Waals surface area contributed by atoms with Crippen LogP contribution >= 0.6 is 23.2 Å². The largest absolute Gasteiger partial charge is 0.444 e. The average Bonchev–Trinajstić information content (AvgIpc) is 2.35. The molecule has 22 heavy (non-hydrogen) atoms. The van der Waals surface area contributed by atoms with Crippen molar-refractivity contribution in [2.45, 2.75) is 44.8 Å². The summed E-state index contributed by atoms with van der Waals surface area (Å²) in [5.41, 5.74) is 6.68. The molecule has 0 aliphatic carbocycles. The molecule has 1 aliphatic heterocycles. The van der Waals surface area contributed by atoms with Crippen LogP contribution in [0, 0.1) is 0 Å². The zero-order valence-electron chi connectivity index (χ0n) is 13.1. The van der Waals surface area contributed by atoms with Gasteiger partial charge in [0.1, 0.15) is 5.60 Å². The standard InChI is InChI=1S/C16H22Cl2N2O2/c1-16(2,3)22-15(21)20-5-4-14(19)13(9-20)10-6-11(17)8-12(18)7-10/h6-8,13-14H,4-5,9,19H2,1-3H3. The minimum atomic E-state index is -0.508. The number of rotatable bonds is 1. The highest BCUT2D eigenvalue weighted by Gasteiger charge is 2.32. The minimum Gasteiger partial charge on any atom is -0.444 e. The van der Waals surface area contributed by atoms with Gasteiger partial charge < -0.3 is 15.4 Å². The Hall–Kier alpha value is -0.970. The van der Waals surface area contributed by atoms with Crippen LogP contribution < -0.4 is 5.73 Å². The lowest BCUT2D eigenvalue weighted by atomic mass is 9.87. The van der Waals surface area contributed by atoms with Gasteiger partial charge in [0.15, 0.2) is 0 Å². The smallest absolute Gasteiger partial charge is 0.410 e. The van der Waals surface area contributed by atoms with Crippen molar-refractivity contribution in [3.63, 3.8) is 0 Å². The number of piperidine rings is 1. The number of ether oxygens (including phenoxy) is 1. The van der Waals surface area contributed by atoms with Gasteiger partial charge in [-0.25, -0.2) is 4.79 Å². The van der Waals surface area contributed by atoms with Crippen molar-refractivity contribution < 1.29 is 9.53 Å². The topological polar surface area (TPSA) is 55.6 Å². The molecule has 6 heteroatoms. The van der Waals surface area contributed by atoms with Crippen LogP contribution in [0.2, 0.25) is 10.0 Å². The van der Waals surface area contributed by atoms with Crippen LogP contribution in [-0.2, 0) is 4.74 Å². The number of carbonyl (C=O) groups excluding carboxylic acids is 1. The van der Waals surface area contributed by atoms with Gasteiger partial charge in [-0.3, -0.25) is 0 Å². The highest BCUT2D eigenvalue weighted by Crippen LogP contribution is 2.31. The van der Waals surface area contributed by atoms with Crippen LogP contribution in [0.4, 0.5) is 4.79 Å². The Morgan fingerprint density at radius 1 is 1.27 bits per heavy atom. The minimum absolute atomic E-state index is 0.00234. The van der Waals surface area contributed by atoms with Crippen LogP contribution in [0.1, 0.15) is 38.7 Å². The third-order valence-electron chi connectivity index (χ3n) is 3.63. The molecule has 2 N–H and O–H groups in total. The van der Waals surface area contributed by atoms with E-state index in [4.69, 9.17) is 33.7 Å². The van der Waals surface area contributed by atoms with E-state index in [1.807, 2.05) is 32.9 Å². The molecule has 2 rings (SSSR count). The summed E-state index contributed by atoms with van der Waals surface area (Å²) in [7, 11) is 0. The van der Waals surface area contributed by atoms with Crippen LogP contribution in [0.25, 0.3) is 0 Å². The van der Waals surface area contributed by atoms with Gasteiger partial charge >= 0.3 is 6.09 Å². The Bertz CT molecular complexity index is 537. The van der Waals surface area contributed by atoms with E-state index >= 15 is 0 Å². The maximum atomic E-state index is 12.2. The van der Waals surface area contributed by atoms with Crippen molar-refractivity contribution in [2.75, 3.05) is 13.1 Å². The Balaban J connectivity index is 2.16. The fourth-order valence-electron chi connectivity index (χ4n) is 2.60. The molecule has 4 nitrogen and oxygen atoms in total. The normalized spacial score (nSPS) is 22.5. The summed E-state index contributed by atoms with van der Waals surface area (Å²) in [6.07, 6.45) is 0.408. The van der Waals surface area contributed by atoms with Crippen LogP contribution in [0.15, 0.2) is 18.2 Å². The van der Waals surface area contributed by atoms with E-state index in [-0.39, 0.29) is 18.1 Å². The molecule has 0 aromatic heterocycles. The molecule has 1 fully saturated rings. The highest BCUT2D eigenvalue weighted by molar-refractivity contribution is 6.34. The Morgan fingerprint density at radius 2 is 1.86 bits per heavy atom. The van der Waals surface area contributed by atoms with Crippen LogP contribution in [0.3, 0.4) is 0 Å². The second kappa shape index (κ2) is 6.65. The predicted molar refractivity (Wildman–Crippen MR) is 89.6 cm³/mol. The molecule has 2 unspecified atom stereocenters. The van der Waals surface area contributed by atoms with E-state index in [9.17, 15) is 4.79 Å². The summed E-state index contributed by atoms with van der Waals surface area (Å²) < 4.78 is 5.44. The maximum Gasteiger partial charge on any atom is 0.410 e. The van der Waals surface area contributed by atoms with Crippen molar-refractivity contribution in [2.24, 2.45) is 5.73 Å². The molecule has 0 bridgehead atoms. The van der Waals surface area contributed by atoms with Gasteiger partial charge in [0.05, 0.1) is 0 Å². The molecule has 0 radical (unpaired) electrons. The Morgan fingerprint density at radius 3 is 2.41 bits per heavy atom. The molecular formula is C16H22Cl2N2O2. The summed E-state index contributed by atoms with van der Waals surface area (Å²) in [4.78, 5) is 13.9. The van der Waals surface area contributed by atoms with Gasteiger partial charge in [0, 0.05) is 35.1 Å². The molecule has 1 heterocycles. The first-order valence-corrected chi connectivity index (χ1v) is 8.11. The van der Waals surface area contributed by atoms with Gasteiger partial charge in [-0.1, -0.05) is 23.2 Å². The number of likely N-dealkylation sites (tertiary alicyclic amines) is 1. The second-order valence-corrected chi connectivity index (χ2v) is 7.56. The van der Waals surface area contributed by atoms with E-state index < -0.39 is 5.60 Å².